The summed E-state index contributed by atoms with van der Waals surface area (Å²) in [5, 5.41) is 3.03. The summed E-state index contributed by atoms with van der Waals surface area (Å²) in [6.07, 6.45) is 1.32. The van der Waals surface area contributed by atoms with Gasteiger partial charge in [0.25, 0.3) is 5.91 Å². The molecule has 0 aliphatic carbocycles. The third-order valence-electron chi connectivity index (χ3n) is 7.28. The Labute approximate surface area is 195 Å². The van der Waals surface area contributed by atoms with Gasteiger partial charge in [0.05, 0.1) is 23.6 Å². The van der Waals surface area contributed by atoms with Crippen molar-refractivity contribution in [2.45, 2.75) is 65.2 Å². The molecule has 1 amide bonds. The minimum atomic E-state index is -0.498. The number of aromatic nitrogens is 2. The van der Waals surface area contributed by atoms with Crippen LogP contribution in [0.5, 0.6) is 0 Å². The molecule has 1 saturated heterocycles. The van der Waals surface area contributed by atoms with Gasteiger partial charge in [-0.25, -0.2) is 4.98 Å². The van der Waals surface area contributed by atoms with Crippen LogP contribution in [-0.4, -0.2) is 58.4 Å². The Balaban J connectivity index is 1.53. The van der Waals surface area contributed by atoms with E-state index in [1.54, 1.807) is 0 Å². The van der Waals surface area contributed by atoms with Crippen molar-refractivity contribution in [2.24, 2.45) is 7.05 Å². The molecule has 1 aromatic carbocycles. The lowest BCUT2D eigenvalue weighted by Gasteiger charge is -2.32. The van der Waals surface area contributed by atoms with Gasteiger partial charge in [0, 0.05) is 44.5 Å². The molecular weight excluding hydrogens is 422 g/mol. The molecule has 33 heavy (non-hydrogen) atoms. The molecule has 0 atom stereocenters. The van der Waals surface area contributed by atoms with Crippen LogP contribution in [0.4, 0.5) is 10.1 Å². The van der Waals surface area contributed by atoms with Gasteiger partial charge in [-0.15, -0.1) is 0 Å². The second-order valence-corrected chi connectivity index (χ2v) is 10.0. The maximum Gasteiger partial charge on any atom is 0.495 e. The number of alkyl halides is 1. The van der Waals surface area contributed by atoms with E-state index in [1.165, 1.54) is 0 Å². The summed E-state index contributed by atoms with van der Waals surface area (Å²) in [5.74, 6) is 0.129. The van der Waals surface area contributed by atoms with Crippen LogP contribution in [0.25, 0.3) is 0 Å². The van der Waals surface area contributed by atoms with Crippen LogP contribution in [0.1, 0.15) is 61.7 Å². The summed E-state index contributed by atoms with van der Waals surface area (Å²) in [6, 6.07) is 5.75. The van der Waals surface area contributed by atoms with E-state index in [9.17, 15) is 9.18 Å². The Morgan fingerprint density at radius 2 is 1.94 bits per heavy atom. The number of benzene rings is 1. The summed E-state index contributed by atoms with van der Waals surface area (Å²) >= 11 is 0. The van der Waals surface area contributed by atoms with Crippen LogP contribution in [-0.2, 0) is 29.3 Å². The summed E-state index contributed by atoms with van der Waals surface area (Å²) in [4.78, 5) is 20.0. The quantitative estimate of drug-likeness (QED) is 0.677. The fourth-order valence-corrected chi connectivity index (χ4v) is 4.45. The smallest absolute Gasteiger partial charge is 0.399 e. The van der Waals surface area contributed by atoms with Gasteiger partial charge in [-0.05, 0) is 58.1 Å². The number of halogens is 1. The number of rotatable bonds is 6. The first-order valence-corrected chi connectivity index (χ1v) is 11.6. The summed E-state index contributed by atoms with van der Waals surface area (Å²) in [6.45, 7) is 11.9. The lowest BCUT2D eigenvalue weighted by molar-refractivity contribution is 0.00578. The molecule has 0 saturated carbocycles. The van der Waals surface area contributed by atoms with Gasteiger partial charge in [-0.3, -0.25) is 14.1 Å². The number of hydrogen-bond acceptors (Lipinski definition) is 5. The predicted molar refractivity (Wildman–Crippen MR) is 128 cm³/mol. The highest BCUT2D eigenvalue weighted by Gasteiger charge is 2.52. The summed E-state index contributed by atoms with van der Waals surface area (Å²) in [7, 11) is 1.38. The molecular formula is C24H34BFN4O3. The van der Waals surface area contributed by atoms with Crippen LogP contribution >= 0.6 is 0 Å². The highest BCUT2D eigenvalue weighted by molar-refractivity contribution is 6.62. The van der Waals surface area contributed by atoms with E-state index in [1.807, 2.05) is 64.4 Å². The molecule has 0 bridgehead atoms. The molecule has 1 aromatic heterocycles. The molecule has 178 valence electrons. The molecule has 1 N–H and O–H groups in total. The monoisotopic (exact) mass is 456 g/mol. The number of carbonyl (C=O) groups is 1. The molecule has 2 aliphatic rings. The normalized spacial score (nSPS) is 19.5. The molecule has 0 radical (unpaired) electrons. The summed E-state index contributed by atoms with van der Waals surface area (Å²) < 4.78 is 26.8. The van der Waals surface area contributed by atoms with Crippen molar-refractivity contribution in [3.63, 3.8) is 0 Å². The molecule has 9 heteroatoms. The van der Waals surface area contributed by atoms with Gasteiger partial charge in [0.15, 0.2) is 5.82 Å². The fourth-order valence-electron chi connectivity index (χ4n) is 4.45. The van der Waals surface area contributed by atoms with Gasteiger partial charge < -0.3 is 19.2 Å². The van der Waals surface area contributed by atoms with Crippen molar-refractivity contribution in [1.82, 2.24) is 14.5 Å². The van der Waals surface area contributed by atoms with E-state index in [4.69, 9.17) is 9.31 Å². The van der Waals surface area contributed by atoms with Crippen LogP contribution in [0, 0.1) is 6.92 Å². The van der Waals surface area contributed by atoms with E-state index in [0.717, 1.165) is 35.4 Å². The number of amides is 1. The molecule has 1 fully saturated rings. The van der Waals surface area contributed by atoms with Crippen LogP contribution < -0.4 is 10.8 Å². The highest BCUT2D eigenvalue weighted by Crippen LogP contribution is 2.37. The molecule has 0 unspecified atom stereocenters. The molecule has 0 spiro atoms. The first kappa shape index (κ1) is 23.9. The molecule has 2 aromatic rings. The Morgan fingerprint density at radius 3 is 2.61 bits per heavy atom. The first-order chi connectivity index (χ1) is 15.5. The number of nitrogens with zero attached hydrogens (tertiary/aromatic N) is 3. The van der Waals surface area contributed by atoms with E-state index in [-0.39, 0.29) is 12.6 Å². The zero-order chi connectivity index (χ0) is 24.0. The molecule has 4 rings (SSSR count). The van der Waals surface area contributed by atoms with Crippen molar-refractivity contribution in [3.05, 3.63) is 41.0 Å². The standard InChI is InChI=1S/C24H34BFN4O3/c1-16-17(25-32-23(2,3)24(4,5)33-25)9-7-10-18(16)28-22(31)21-27-19-15-30(13-8-12-26)14-11-20(19)29(21)6/h7,9-10H,8,11-15H2,1-6H3,(H,28,31). The zero-order valence-electron chi connectivity index (χ0n) is 20.5. The van der Waals surface area contributed by atoms with Gasteiger partial charge in [0.2, 0.25) is 0 Å². The third-order valence-corrected chi connectivity index (χ3v) is 7.28. The summed E-state index contributed by atoms with van der Waals surface area (Å²) in [5.41, 5.74) is 3.60. The number of hydrogen-bond donors (Lipinski definition) is 1. The average Bonchev–Trinajstić information content (AvgIpc) is 3.19. The molecule has 2 aliphatic heterocycles. The van der Waals surface area contributed by atoms with Crippen molar-refractivity contribution >= 4 is 24.2 Å². The molecule has 3 heterocycles. The second-order valence-electron chi connectivity index (χ2n) is 10.0. The van der Waals surface area contributed by atoms with Crippen molar-refractivity contribution in [1.29, 1.82) is 0 Å². The number of nitrogens with one attached hydrogen (secondary N) is 1. The van der Waals surface area contributed by atoms with Gasteiger partial charge in [-0.1, -0.05) is 12.1 Å². The maximum atomic E-state index is 13.2. The number of fused-ring (bicyclic) bond motifs is 1. The van der Waals surface area contributed by atoms with Crippen LogP contribution in [0.2, 0.25) is 0 Å². The zero-order valence-corrected chi connectivity index (χ0v) is 20.5. The minimum absolute atomic E-state index is 0.253. The van der Waals surface area contributed by atoms with Gasteiger partial charge >= 0.3 is 7.12 Å². The maximum absolute atomic E-state index is 13.2. The van der Waals surface area contributed by atoms with Gasteiger partial charge in [-0.2, -0.15) is 0 Å². The Kier molecular flexibility index (Phi) is 6.42. The SMILES string of the molecule is Cc1c(NC(=O)c2nc3c(n2C)CCN(CCCF)C3)cccc1B1OC(C)(C)C(C)(C)O1. The fraction of sp³-hybridized carbons (Fsp3) is 0.583. The highest BCUT2D eigenvalue weighted by atomic mass is 19.1. The average molecular weight is 456 g/mol. The Morgan fingerprint density at radius 1 is 1.24 bits per heavy atom. The molecule has 7 nitrogen and oxygen atoms in total. The van der Waals surface area contributed by atoms with Crippen LogP contribution in [0.15, 0.2) is 18.2 Å². The van der Waals surface area contributed by atoms with Crippen LogP contribution in [0.3, 0.4) is 0 Å². The van der Waals surface area contributed by atoms with E-state index in [2.05, 4.69) is 15.2 Å². The lowest BCUT2D eigenvalue weighted by Crippen LogP contribution is -2.41. The van der Waals surface area contributed by atoms with Gasteiger partial charge in [0.1, 0.15) is 0 Å². The Bertz CT molecular complexity index is 1040. The van der Waals surface area contributed by atoms with E-state index in [0.29, 0.717) is 31.0 Å². The lowest BCUT2D eigenvalue weighted by atomic mass is 9.76. The minimum Gasteiger partial charge on any atom is -0.399 e. The van der Waals surface area contributed by atoms with Crippen molar-refractivity contribution in [3.8, 4) is 0 Å². The largest absolute Gasteiger partial charge is 0.495 e. The number of anilines is 1. The van der Waals surface area contributed by atoms with E-state index < -0.39 is 18.3 Å². The third kappa shape index (κ3) is 4.46. The second kappa shape index (κ2) is 8.85. The number of carbonyl (C=O) groups excluding carboxylic acids is 1. The topological polar surface area (TPSA) is 68.6 Å². The van der Waals surface area contributed by atoms with Crippen molar-refractivity contribution in [2.75, 3.05) is 25.1 Å². The Hall–Kier alpha value is -2.23. The van der Waals surface area contributed by atoms with E-state index >= 15 is 0 Å². The van der Waals surface area contributed by atoms with Crippen molar-refractivity contribution < 1.29 is 18.5 Å². The predicted octanol–water partition coefficient (Wildman–Crippen LogP) is 3.00. The number of imidazole rings is 1. The first-order valence-electron chi connectivity index (χ1n) is 11.6.